The number of rotatable bonds is 8. The van der Waals surface area contributed by atoms with Gasteiger partial charge in [-0.1, -0.05) is 78.3 Å². The van der Waals surface area contributed by atoms with Crippen molar-refractivity contribution < 1.29 is 9.59 Å². The first kappa shape index (κ1) is 28.7. The molecule has 0 spiro atoms. The first-order valence-electron chi connectivity index (χ1n) is 14.5. The summed E-state index contributed by atoms with van der Waals surface area (Å²) in [5.74, 6) is -0.131. The molecule has 4 aromatic rings. The van der Waals surface area contributed by atoms with Crippen molar-refractivity contribution in [2.24, 2.45) is 0 Å². The van der Waals surface area contributed by atoms with Crippen molar-refractivity contribution in [2.45, 2.75) is 6.54 Å². The maximum atomic E-state index is 13.2. The molecule has 7 nitrogen and oxygen atoms in total. The lowest BCUT2D eigenvalue weighted by Crippen LogP contribution is -2.49. The predicted octanol–water partition coefficient (Wildman–Crippen LogP) is 6.05. The minimum atomic E-state index is -0.188. The molecule has 1 fully saturated rings. The summed E-state index contributed by atoms with van der Waals surface area (Å²) in [5.41, 5.74) is 6.56. The minimum Gasteiger partial charge on any atom is -0.354 e. The highest BCUT2D eigenvalue weighted by molar-refractivity contribution is 6.38. The number of fused-ring (bicyclic) bond motifs is 1. The summed E-state index contributed by atoms with van der Waals surface area (Å²) >= 11 is 6.18. The van der Waals surface area contributed by atoms with Crippen LogP contribution in [-0.2, 0) is 16.1 Å². The lowest BCUT2D eigenvalue weighted by molar-refractivity contribution is -0.120. The van der Waals surface area contributed by atoms with E-state index in [-0.39, 0.29) is 11.8 Å². The van der Waals surface area contributed by atoms with Gasteiger partial charge in [0, 0.05) is 61.7 Å². The third kappa shape index (κ3) is 6.65. The van der Waals surface area contributed by atoms with Gasteiger partial charge in [0.15, 0.2) is 0 Å². The summed E-state index contributed by atoms with van der Waals surface area (Å²) in [6, 6.07) is 33.4. The Bertz CT molecular complexity index is 1630. The fourth-order valence-electron chi connectivity index (χ4n) is 5.58. The number of benzene rings is 4. The molecule has 4 aromatic carbocycles. The molecule has 2 heterocycles. The molecule has 6 rings (SSSR count). The smallest absolute Gasteiger partial charge is 0.258 e. The van der Waals surface area contributed by atoms with E-state index in [2.05, 4.69) is 44.7 Å². The second-order valence-electron chi connectivity index (χ2n) is 10.9. The van der Waals surface area contributed by atoms with E-state index in [1.54, 1.807) is 17.0 Å². The largest absolute Gasteiger partial charge is 0.354 e. The SMILES string of the molecule is CN(C(=O)CN1CCN(Cc2ccccc2)CC1)c1ccc(N/C(=C2\C(=O)Nc3cc(Cl)ccc32)c2ccccc2)cc1. The van der Waals surface area contributed by atoms with Gasteiger partial charge in [-0.2, -0.15) is 0 Å². The van der Waals surface area contributed by atoms with Crippen LogP contribution in [0.5, 0.6) is 0 Å². The molecule has 0 saturated carbocycles. The molecular weight excluding hydrogens is 558 g/mol. The van der Waals surface area contributed by atoms with Crippen LogP contribution in [-0.4, -0.2) is 61.4 Å². The molecular formula is C35H34ClN5O2. The molecule has 0 bridgehead atoms. The van der Waals surface area contributed by atoms with Crippen LogP contribution >= 0.6 is 11.6 Å². The maximum absolute atomic E-state index is 13.2. The number of hydrogen-bond acceptors (Lipinski definition) is 5. The van der Waals surface area contributed by atoms with Crippen LogP contribution in [0.1, 0.15) is 16.7 Å². The van der Waals surface area contributed by atoms with E-state index in [4.69, 9.17) is 11.6 Å². The van der Waals surface area contributed by atoms with Crippen molar-refractivity contribution in [1.82, 2.24) is 9.80 Å². The maximum Gasteiger partial charge on any atom is 0.258 e. The fourth-order valence-corrected chi connectivity index (χ4v) is 5.75. The van der Waals surface area contributed by atoms with Gasteiger partial charge < -0.3 is 15.5 Å². The van der Waals surface area contributed by atoms with E-state index in [0.29, 0.717) is 28.5 Å². The monoisotopic (exact) mass is 591 g/mol. The summed E-state index contributed by atoms with van der Waals surface area (Å²) in [5, 5.41) is 6.97. The molecule has 0 radical (unpaired) electrons. The molecule has 0 aliphatic carbocycles. The zero-order valence-electron chi connectivity index (χ0n) is 24.1. The Kier molecular flexibility index (Phi) is 8.56. The summed E-state index contributed by atoms with van der Waals surface area (Å²) in [4.78, 5) is 32.7. The molecule has 1 saturated heterocycles. The Morgan fingerprint density at radius 1 is 0.860 bits per heavy atom. The van der Waals surface area contributed by atoms with Gasteiger partial charge in [-0.15, -0.1) is 0 Å². The Hall–Kier alpha value is -4.43. The van der Waals surface area contributed by atoms with Crippen molar-refractivity contribution >= 4 is 51.7 Å². The van der Waals surface area contributed by atoms with E-state index in [1.165, 1.54) is 5.56 Å². The topological polar surface area (TPSA) is 67.9 Å². The molecule has 43 heavy (non-hydrogen) atoms. The average Bonchev–Trinajstić information content (AvgIpc) is 3.36. The summed E-state index contributed by atoms with van der Waals surface area (Å²) < 4.78 is 0. The molecule has 2 aliphatic rings. The number of anilines is 3. The number of carbonyl (C=O) groups is 2. The fraction of sp³-hybridized carbons (Fsp3) is 0.200. The van der Waals surface area contributed by atoms with Gasteiger partial charge in [-0.3, -0.25) is 19.4 Å². The molecule has 218 valence electrons. The van der Waals surface area contributed by atoms with Crippen LogP contribution in [0.4, 0.5) is 17.1 Å². The number of piperazine rings is 1. The van der Waals surface area contributed by atoms with Gasteiger partial charge >= 0.3 is 0 Å². The van der Waals surface area contributed by atoms with Crippen molar-refractivity contribution in [3.8, 4) is 0 Å². The Balaban J connectivity index is 1.12. The lowest BCUT2D eigenvalue weighted by atomic mass is 10.00. The minimum absolute atomic E-state index is 0.0576. The van der Waals surface area contributed by atoms with Crippen molar-refractivity contribution in [2.75, 3.05) is 55.3 Å². The second kappa shape index (κ2) is 12.8. The average molecular weight is 592 g/mol. The Morgan fingerprint density at radius 2 is 1.51 bits per heavy atom. The first-order valence-corrected chi connectivity index (χ1v) is 14.9. The highest BCUT2D eigenvalue weighted by Gasteiger charge is 2.29. The van der Waals surface area contributed by atoms with Crippen molar-refractivity contribution in [1.29, 1.82) is 0 Å². The number of halogens is 1. The molecule has 2 aliphatic heterocycles. The van der Waals surface area contributed by atoms with Crippen LogP contribution < -0.4 is 15.5 Å². The Labute approximate surface area is 257 Å². The Morgan fingerprint density at radius 3 is 2.21 bits per heavy atom. The summed E-state index contributed by atoms with van der Waals surface area (Å²) in [6.07, 6.45) is 0. The standard InChI is InChI=1S/C35H34ClN5O2/c1-39(32(42)24-41-20-18-40(19-21-41)23-25-8-4-2-5-9-25)29-15-13-28(14-16-29)37-34(26-10-6-3-7-11-26)33-30-17-12-27(36)22-31(30)38-35(33)43/h2-17,22,37H,18-21,23-24H2,1H3,(H,38,43)/b34-33-. The van der Waals surface area contributed by atoms with Crippen LogP contribution in [0, 0.1) is 0 Å². The zero-order valence-corrected chi connectivity index (χ0v) is 24.8. The van der Waals surface area contributed by atoms with E-state index in [0.717, 1.165) is 55.2 Å². The third-order valence-corrected chi connectivity index (χ3v) is 8.24. The van der Waals surface area contributed by atoms with E-state index >= 15 is 0 Å². The molecule has 2 amide bonds. The number of likely N-dealkylation sites (N-methyl/N-ethyl adjacent to an activating group) is 1. The predicted molar refractivity (Wildman–Crippen MR) is 175 cm³/mol. The van der Waals surface area contributed by atoms with Crippen LogP contribution in [0.3, 0.4) is 0 Å². The van der Waals surface area contributed by atoms with Crippen molar-refractivity contribution in [3.05, 3.63) is 125 Å². The molecule has 0 aromatic heterocycles. The molecule has 2 N–H and O–H groups in total. The van der Waals surface area contributed by atoms with E-state index in [9.17, 15) is 9.59 Å². The van der Waals surface area contributed by atoms with Gasteiger partial charge in [-0.25, -0.2) is 0 Å². The number of amides is 2. The van der Waals surface area contributed by atoms with Crippen LogP contribution in [0.2, 0.25) is 5.02 Å². The zero-order chi connectivity index (χ0) is 29.8. The first-order chi connectivity index (χ1) is 20.9. The molecule has 0 atom stereocenters. The van der Waals surface area contributed by atoms with E-state index < -0.39 is 0 Å². The van der Waals surface area contributed by atoms with Crippen LogP contribution in [0.25, 0.3) is 11.3 Å². The highest BCUT2D eigenvalue weighted by atomic mass is 35.5. The van der Waals surface area contributed by atoms with Gasteiger partial charge in [-0.05, 0) is 47.5 Å². The number of hydrogen-bond donors (Lipinski definition) is 2. The molecule has 8 heteroatoms. The lowest BCUT2D eigenvalue weighted by Gasteiger charge is -2.35. The number of carbonyl (C=O) groups excluding carboxylic acids is 2. The summed E-state index contributed by atoms with van der Waals surface area (Å²) in [7, 11) is 1.82. The van der Waals surface area contributed by atoms with Gasteiger partial charge in [0.1, 0.15) is 0 Å². The van der Waals surface area contributed by atoms with Crippen LogP contribution in [0.15, 0.2) is 103 Å². The highest BCUT2D eigenvalue weighted by Crippen LogP contribution is 2.38. The van der Waals surface area contributed by atoms with Gasteiger partial charge in [0.05, 0.1) is 23.5 Å². The third-order valence-electron chi connectivity index (χ3n) is 8.01. The van der Waals surface area contributed by atoms with Gasteiger partial charge in [0.25, 0.3) is 5.91 Å². The second-order valence-corrected chi connectivity index (χ2v) is 11.4. The summed E-state index contributed by atoms with van der Waals surface area (Å²) in [6.45, 7) is 4.96. The van der Waals surface area contributed by atoms with E-state index in [1.807, 2.05) is 73.8 Å². The van der Waals surface area contributed by atoms with Crippen molar-refractivity contribution in [3.63, 3.8) is 0 Å². The normalized spacial score (nSPS) is 16.4. The molecule has 0 unspecified atom stereocenters. The quantitative estimate of drug-likeness (QED) is 0.244. The number of nitrogens with one attached hydrogen (secondary N) is 2. The van der Waals surface area contributed by atoms with Gasteiger partial charge in [0.2, 0.25) is 5.91 Å². The number of nitrogens with zero attached hydrogens (tertiary/aromatic N) is 3.